The van der Waals surface area contributed by atoms with Crippen molar-refractivity contribution in [1.29, 1.82) is 0 Å². The highest BCUT2D eigenvalue weighted by Crippen LogP contribution is 1.95. The van der Waals surface area contributed by atoms with Crippen molar-refractivity contribution in [2.45, 2.75) is 19.9 Å². The molecule has 0 bridgehead atoms. The Bertz CT molecular complexity index is 170. The zero-order valence-electron chi connectivity index (χ0n) is 6.04. The smallest absolute Gasteiger partial charge is 0.0767 e. The summed E-state index contributed by atoms with van der Waals surface area (Å²) in [4.78, 5) is 0. The Labute approximate surface area is 60.3 Å². The molecule has 1 heterocycles. The number of nitrogens with two attached hydrogens (primary N) is 1. The number of aromatic nitrogens is 2. The third kappa shape index (κ3) is 1.51. The maximum Gasteiger partial charge on any atom is 0.0767 e. The summed E-state index contributed by atoms with van der Waals surface area (Å²) in [6, 6.07) is 3.86. The monoisotopic (exact) mass is 137 g/mol. The van der Waals surface area contributed by atoms with Crippen LogP contribution in [0.2, 0.25) is 0 Å². The molecule has 0 aliphatic heterocycles. The molecule has 54 valence electrons. The van der Waals surface area contributed by atoms with Crippen LogP contribution in [0.4, 0.5) is 0 Å². The van der Waals surface area contributed by atoms with E-state index in [-0.39, 0.29) is 0 Å². The summed E-state index contributed by atoms with van der Waals surface area (Å²) in [6.45, 7) is 2.52. The highest BCUT2D eigenvalue weighted by atomic mass is 15.1. The first-order chi connectivity index (χ1) is 4.86. The summed E-state index contributed by atoms with van der Waals surface area (Å²) in [5.74, 6) is 0. The van der Waals surface area contributed by atoms with Crippen LogP contribution in [-0.4, -0.2) is 10.2 Å². The van der Waals surface area contributed by atoms with Crippen LogP contribution in [0, 0.1) is 0 Å². The predicted molar refractivity (Wildman–Crippen MR) is 39.3 cm³/mol. The van der Waals surface area contributed by atoms with E-state index in [4.69, 9.17) is 5.73 Å². The lowest BCUT2D eigenvalue weighted by molar-refractivity contribution is 0.850. The molecule has 1 aromatic rings. The third-order valence-corrected chi connectivity index (χ3v) is 1.35. The minimum absolute atomic E-state index is 0.469. The second kappa shape index (κ2) is 3.27. The molecule has 0 spiro atoms. The van der Waals surface area contributed by atoms with E-state index in [1.165, 1.54) is 0 Å². The standard InChI is InChI=1S/C7H11N3/c1-2-6-3-4-7(5-8)10-9-6/h3-4H,2,5,8H2,1H3. The van der Waals surface area contributed by atoms with Gasteiger partial charge in [-0.05, 0) is 18.6 Å². The first kappa shape index (κ1) is 7.15. The lowest BCUT2D eigenvalue weighted by Crippen LogP contribution is -2.01. The topological polar surface area (TPSA) is 51.8 Å². The molecule has 10 heavy (non-hydrogen) atoms. The molecule has 0 aromatic carbocycles. The lowest BCUT2D eigenvalue weighted by atomic mass is 10.3. The molecule has 0 aliphatic carbocycles. The number of aryl methyl sites for hydroxylation is 1. The van der Waals surface area contributed by atoms with Crippen molar-refractivity contribution in [3.63, 3.8) is 0 Å². The van der Waals surface area contributed by atoms with Gasteiger partial charge in [-0.3, -0.25) is 0 Å². The molecule has 1 rings (SSSR count). The van der Waals surface area contributed by atoms with E-state index in [0.717, 1.165) is 17.8 Å². The lowest BCUT2D eigenvalue weighted by Gasteiger charge is -1.94. The van der Waals surface area contributed by atoms with Crippen molar-refractivity contribution in [2.24, 2.45) is 5.73 Å². The molecule has 3 heteroatoms. The molecule has 1 aromatic heterocycles. The average Bonchev–Trinajstić information content (AvgIpc) is 2.05. The Morgan fingerprint density at radius 3 is 2.30 bits per heavy atom. The van der Waals surface area contributed by atoms with Gasteiger partial charge in [-0.25, -0.2) is 0 Å². The van der Waals surface area contributed by atoms with Gasteiger partial charge in [0.15, 0.2) is 0 Å². The fourth-order valence-electron chi connectivity index (χ4n) is 0.685. The van der Waals surface area contributed by atoms with Crippen molar-refractivity contribution in [3.05, 3.63) is 23.5 Å². The Hall–Kier alpha value is -0.960. The molecular formula is C7H11N3. The van der Waals surface area contributed by atoms with Gasteiger partial charge >= 0.3 is 0 Å². The van der Waals surface area contributed by atoms with Crippen LogP contribution in [0.25, 0.3) is 0 Å². The minimum atomic E-state index is 0.469. The van der Waals surface area contributed by atoms with E-state index in [1.54, 1.807) is 0 Å². The van der Waals surface area contributed by atoms with Gasteiger partial charge < -0.3 is 5.73 Å². The third-order valence-electron chi connectivity index (χ3n) is 1.35. The van der Waals surface area contributed by atoms with Gasteiger partial charge in [-0.1, -0.05) is 6.92 Å². The molecular weight excluding hydrogens is 126 g/mol. The Morgan fingerprint density at radius 1 is 1.30 bits per heavy atom. The zero-order chi connectivity index (χ0) is 7.40. The van der Waals surface area contributed by atoms with Crippen LogP contribution in [0.5, 0.6) is 0 Å². The van der Waals surface area contributed by atoms with E-state index in [2.05, 4.69) is 10.2 Å². The number of hydrogen-bond donors (Lipinski definition) is 1. The van der Waals surface area contributed by atoms with Crippen molar-refractivity contribution in [2.75, 3.05) is 0 Å². The van der Waals surface area contributed by atoms with Crippen LogP contribution in [0.3, 0.4) is 0 Å². The summed E-state index contributed by atoms with van der Waals surface area (Å²) in [6.07, 6.45) is 0.928. The van der Waals surface area contributed by atoms with Crippen molar-refractivity contribution in [3.8, 4) is 0 Å². The highest BCUT2D eigenvalue weighted by molar-refractivity contribution is 5.05. The molecule has 0 amide bonds. The molecule has 0 atom stereocenters. The second-order valence-corrected chi connectivity index (χ2v) is 2.07. The van der Waals surface area contributed by atoms with Crippen molar-refractivity contribution >= 4 is 0 Å². The summed E-state index contributed by atoms with van der Waals surface area (Å²) >= 11 is 0. The molecule has 3 nitrogen and oxygen atoms in total. The number of nitrogens with zero attached hydrogens (tertiary/aromatic N) is 2. The van der Waals surface area contributed by atoms with E-state index in [9.17, 15) is 0 Å². The van der Waals surface area contributed by atoms with Gasteiger partial charge in [0.1, 0.15) is 0 Å². The fraction of sp³-hybridized carbons (Fsp3) is 0.429. The van der Waals surface area contributed by atoms with Crippen LogP contribution in [-0.2, 0) is 13.0 Å². The van der Waals surface area contributed by atoms with E-state index < -0.39 is 0 Å². The Morgan fingerprint density at radius 2 is 1.90 bits per heavy atom. The second-order valence-electron chi connectivity index (χ2n) is 2.07. The van der Waals surface area contributed by atoms with E-state index >= 15 is 0 Å². The highest BCUT2D eigenvalue weighted by Gasteiger charge is 1.91. The van der Waals surface area contributed by atoms with E-state index in [0.29, 0.717) is 6.54 Å². The van der Waals surface area contributed by atoms with Crippen LogP contribution in [0.1, 0.15) is 18.3 Å². The van der Waals surface area contributed by atoms with Crippen LogP contribution < -0.4 is 5.73 Å². The molecule has 0 unspecified atom stereocenters. The van der Waals surface area contributed by atoms with Gasteiger partial charge in [0, 0.05) is 6.54 Å². The summed E-state index contributed by atoms with van der Waals surface area (Å²) in [5.41, 5.74) is 7.19. The van der Waals surface area contributed by atoms with Gasteiger partial charge in [-0.15, -0.1) is 0 Å². The van der Waals surface area contributed by atoms with Gasteiger partial charge in [0.2, 0.25) is 0 Å². The summed E-state index contributed by atoms with van der Waals surface area (Å²) in [5, 5.41) is 7.83. The van der Waals surface area contributed by atoms with Gasteiger partial charge in [0.05, 0.1) is 11.4 Å². The molecule has 0 saturated carbocycles. The number of rotatable bonds is 2. The SMILES string of the molecule is CCc1ccc(CN)nn1. The van der Waals surface area contributed by atoms with Crippen molar-refractivity contribution in [1.82, 2.24) is 10.2 Å². The largest absolute Gasteiger partial charge is 0.325 e. The molecule has 0 fully saturated rings. The fourth-order valence-corrected chi connectivity index (χ4v) is 0.685. The maximum absolute atomic E-state index is 5.34. The Balaban J connectivity index is 2.80. The first-order valence-corrected chi connectivity index (χ1v) is 3.38. The number of hydrogen-bond acceptors (Lipinski definition) is 3. The molecule has 0 radical (unpaired) electrons. The Kier molecular flexibility index (Phi) is 2.34. The zero-order valence-corrected chi connectivity index (χ0v) is 6.04. The van der Waals surface area contributed by atoms with E-state index in [1.807, 2.05) is 19.1 Å². The maximum atomic E-state index is 5.34. The molecule has 0 aliphatic rings. The molecule has 0 saturated heterocycles. The quantitative estimate of drug-likeness (QED) is 0.645. The summed E-state index contributed by atoms with van der Waals surface area (Å²) in [7, 11) is 0. The summed E-state index contributed by atoms with van der Waals surface area (Å²) < 4.78 is 0. The van der Waals surface area contributed by atoms with Crippen LogP contribution in [0.15, 0.2) is 12.1 Å². The minimum Gasteiger partial charge on any atom is -0.325 e. The van der Waals surface area contributed by atoms with Crippen molar-refractivity contribution < 1.29 is 0 Å². The van der Waals surface area contributed by atoms with Crippen LogP contribution >= 0.6 is 0 Å². The first-order valence-electron chi connectivity index (χ1n) is 3.38. The van der Waals surface area contributed by atoms with Gasteiger partial charge in [0.25, 0.3) is 0 Å². The average molecular weight is 137 g/mol. The molecule has 2 N–H and O–H groups in total. The predicted octanol–water partition coefficient (Wildman–Crippen LogP) is 0.498. The normalized spacial score (nSPS) is 9.80. The van der Waals surface area contributed by atoms with Gasteiger partial charge in [-0.2, -0.15) is 10.2 Å².